The molecule has 4 nitrogen and oxygen atoms in total. The fourth-order valence-corrected chi connectivity index (χ4v) is 2.20. The van der Waals surface area contributed by atoms with E-state index in [4.69, 9.17) is 10.5 Å². The molecule has 0 saturated carbocycles. The highest BCUT2D eigenvalue weighted by molar-refractivity contribution is 5.30. The SMILES string of the molecule is COc1cnn(C)c1C(N)Cc1cccc(C)c1. The van der Waals surface area contributed by atoms with Gasteiger partial charge in [0.1, 0.15) is 0 Å². The van der Waals surface area contributed by atoms with Crippen molar-refractivity contribution in [2.24, 2.45) is 12.8 Å². The van der Waals surface area contributed by atoms with Crippen molar-refractivity contribution in [3.63, 3.8) is 0 Å². The first-order valence-corrected chi connectivity index (χ1v) is 5.99. The number of nitrogens with two attached hydrogens (primary N) is 1. The Morgan fingerprint density at radius 3 is 2.89 bits per heavy atom. The van der Waals surface area contributed by atoms with Gasteiger partial charge in [-0.05, 0) is 18.9 Å². The summed E-state index contributed by atoms with van der Waals surface area (Å²) in [7, 11) is 3.52. The van der Waals surface area contributed by atoms with Gasteiger partial charge in [-0.2, -0.15) is 5.10 Å². The van der Waals surface area contributed by atoms with Crippen LogP contribution in [0.4, 0.5) is 0 Å². The van der Waals surface area contributed by atoms with Gasteiger partial charge in [-0.3, -0.25) is 4.68 Å². The summed E-state index contributed by atoms with van der Waals surface area (Å²) in [5, 5.41) is 4.18. The number of rotatable bonds is 4. The average Bonchev–Trinajstić information content (AvgIpc) is 2.70. The number of aryl methyl sites for hydroxylation is 2. The fourth-order valence-electron chi connectivity index (χ4n) is 2.20. The lowest BCUT2D eigenvalue weighted by Gasteiger charge is -2.14. The minimum atomic E-state index is -0.116. The predicted octanol–water partition coefficient (Wildman–Crippen LogP) is 1.98. The largest absolute Gasteiger partial charge is 0.493 e. The highest BCUT2D eigenvalue weighted by Crippen LogP contribution is 2.25. The van der Waals surface area contributed by atoms with Crippen molar-refractivity contribution in [2.45, 2.75) is 19.4 Å². The van der Waals surface area contributed by atoms with Crippen LogP contribution < -0.4 is 10.5 Å². The molecule has 2 aromatic rings. The lowest BCUT2D eigenvalue weighted by atomic mass is 10.0. The monoisotopic (exact) mass is 245 g/mol. The second-order valence-electron chi connectivity index (χ2n) is 4.52. The van der Waals surface area contributed by atoms with E-state index >= 15 is 0 Å². The highest BCUT2D eigenvalue weighted by atomic mass is 16.5. The zero-order chi connectivity index (χ0) is 13.1. The third kappa shape index (κ3) is 2.54. The van der Waals surface area contributed by atoms with Gasteiger partial charge in [0.25, 0.3) is 0 Å². The van der Waals surface area contributed by atoms with E-state index in [9.17, 15) is 0 Å². The van der Waals surface area contributed by atoms with Crippen molar-refractivity contribution in [2.75, 3.05) is 7.11 Å². The Hall–Kier alpha value is -1.81. The summed E-state index contributed by atoms with van der Waals surface area (Å²) >= 11 is 0. The molecule has 0 aliphatic heterocycles. The van der Waals surface area contributed by atoms with Crippen molar-refractivity contribution in [3.8, 4) is 5.75 Å². The van der Waals surface area contributed by atoms with E-state index in [0.29, 0.717) is 0 Å². The molecule has 1 aromatic heterocycles. The minimum absolute atomic E-state index is 0.116. The molecule has 4 heteroatoms. The van der Waals surface area contributed by atoms with Gasteiger partial charge in [0, 0.05) is 7.05 Å². The van der Waals surface area contributed by atoms with Crippen molar-refractivity contribution in [3.05, 3.63) is 47.3 Å². The van der Waals surface area contributed by atoms with Crippen LogP contribution in [0, 0.1) is 6.92 Å². The van der Waals surface area contributed by atoms with Crippen LogP contribution >= 0.6 is 0 Å². The van der Waals surface area contributed by atoms with E-state index in [1.165, 1.54) is 11.1 Å². The lowest BCUT2D eigenvalue weighted by Crippen LogP contribution is -2.18. The summed E-state index contributed by atoms with van der Waals surface area (Å²) in [5.74, 6) is 0.748. The first-order chi connectivity index (χ1) is 8.61. The second kappa shape index (κ2) is 5.23. The third-order valence-corrected chi connectivity index (χ3v) is 3.06. The van der Waals surface area contributed by atoms with Gasteiger partial charge >= 0.3 is 0 Å². The molecular weight excluding hydrogens is 226 g/mol. The Kier molecular flexibility index (Phi) is 3.67. The maximum Gasteiger partial charge on any atom is 0.161 e. The highest BCUT2D eigenvalue weighted by Gasteiger charge is 2.17. The summed E-state index contributed by atoms with van der Waals surface area (Å²) in [6, 6.07) is 8.27. The molecule has 0 amide bonds. The van der Waals surface area contributed by atoms with Crippen LogP contribution in [0.3, 0.4) is 0 Å². The van der Waals surface area contributed by atoms with Crippen LogP contribution in [0.2, 0.25) is 0 Å². The van der Waals surface area contributed by atoms with Crippen molar-refractivity contribution >= 4 is 0 Å². The molecule has 1 unspecified atom stereocenters. The Balaban J connectivity index is 2.21. The van der Waals surface area contributed by atoms with Crippen molar-refractivity contribution in [1.82, 2.24) is 9.78 Å². The fraction of sp³-hybridized carbons (Fsp3) is 0.357. The number of benzene rings is 1. The van der Waals surface area contributed by atoms with Crippen molar-refractivity contribution < 1.29 is 4.74 Å². The first kappa shape index (κ1) is 12.6. The summed E-state index contributed by atoms with van der Waals surface area (Å²) in [4.78, 5) is 0. The van der Waals surface area contributed by atoms with Gasteiger partial charge in [-0.1, -0.05) is 29.8 Å². The molecular formula is C14H19N3O. The molecule has 1 atom stereocenters. The summed E-state index contributed by atoms with van der Waals surface area (Å²) in [6.45, 7) is 2.08. The first-order valence-electron chi connectivity index (χ1n) is 5.99. The molecule has 0 aliphatic rings. The molecule has 2 rings (SSSR count). The van der Waals surface area contributed by atoms with Crippen LogP contribution in [0.15, 0.2) is 30.5 Å². The van der Waals surface area contributed by atoms with Crippen molar-refractivity contribution in [1.29, 1.82) is 0 Å². The molecule has 1 aromatic carbocycles. The minimum Gasteiger partial charge on any atom is -0.493 e. The van der Waals surface area contributed by atoms with Gasteiger partial charge in [0.15, 0.2) is 5.75 Å². The topological polar surface area (TPSA) is 53.1 Å². The Labute approximate surface area is 107 Å². The molecule has 0 aliphatic carbocycles. The van der Waals surface area contributed by atoms with E-state index in [2.05, 4.69) is 36.3 Å². The zero-order valence-corrected chi connectivity index (χ0v) is 11.1. The number of hydrogen-bond donors (Lipinski definition) is 1. The smallest absolute Gasteiger partial charge is 0.161 e. The molecule has 2 N–H and O–H groups in total. The van der Waals surface area contributed by atoms with Crippen LogP contribution in [0.5, 0.6) is 5.75 Å². The van der Waals surface area contributed by atoms with E-state index in [1.807, 2.05) is 7.05 Å². The van der Waals surface area contributed by atoms with E-state index in [0.717, 1.165) is 17.9 Å². The standard InChI is InChI=1S/C14H19N3O/c1-10-5-4-6-11(7-10)8-12(15)14-13(18-3)9-16-17(14)2/h4-7,9,12H,8,15H2,1-3H3. The zero-order valence-electron chi connectivity index (χ0n) is 11.1. The van der Waals surface area contributed by atoms with Crippen LogP contribution in [-0.2, 0) is 13.5 Å². The quantitative estimate of drug-likeness (QED) is 0.896. The molecule has 0 radical (unpaired) electrons. The van der Waals surface area contributed by atoms with Crippen LogP contribution in [-0.4, -0.2) is 16.9 Å². The lowest BCUT2D eigenvalue weighted by molar-refractivity contribution is 0.402. The average molecular weight is 245 g/mol. The molecule has 0 bridgehead atoms. The normalized spacial score (nSPS) is 12.4. The van der Waals surface area contributed by atoms with Gasteiger partial charge in [0.2, 0.25) is 0 Å². The summed E-state index contributed by atoms with van der Waals surface area (Å²) in [5.41, 5.74) is 9.66. The maximum atomic E-state index is 6.26. The molecule has 18 heavy (non-hydrogen) atoms. The van der Waals surface area contributed by atoms with Crippen LogP contribution in [0.1, 0.15) is 22.9 Å². The number of ether oxygens (including phenoxy) is 1. The van der Waals surface area contributed by atoms with E-state index < -0.39 is 0 Å². The summed E-state index contributed by atoms with van der Waals surface area (Å²) in [6.07, 6.45) is 2.48. The number of hydrogen-bond acceptors (Lipinski definition) is 3. The van der Waals surface area contributed by atoms with Gasteiger partial charge < -0.3 is 10.5 Å². The predicted molar refractivity (Wildman–Crippen MR) is 71.6 cm³/mol. The van der Waals surface area contributed by atoms with Crippen LogP contribution in [0.25, 0.3) is 0 Å². The Morgan fingerprint density at radius 1 is 1.44 bits per heavy atom. The molecule has 1 heterocycles. The molecule has 0 fully saturated rings. The van der Waals surface area contributed by atoms with Gasteiger partial charge in [-0.25, -0.2) is 0 Å². The van der Waals surface area contributed by atoms with Gasteiger partial charge in [-0.15, -0.1) is 0 Å². The molecule has 0 spiro atoms. The molecule has 96 valence electrons. The summed E-state index contributed by atoms with van der Waals surface area (Å²) < 4.78 is 7.06. The maximum absolute atomic E-state index is 6.26. The van der Waals surface area contributed by atoms with Gasteiger partial charge in [0.05, 0.1) is 25.0 Å². The second-order valence-corrected chi connectivity index (χ2v) is 4.52. The Morgan fingerprint density at radius 2 is 2.22 bits per heavy atom. The molecule has 0 saturated heterocycles. The Bertz CT molecular complexity index is 534. The number of nitrogens with zero attached hydrogens (tertiary/aromatic N) is 2. The van der Waals surface area contributed by atoms with E-state index in [1.54, 1.807) is 18.0 Å². The number of aromatic nitrogens is 2. The number of methoxy groups -OCH3 is 1. The third-order valence-electron chi connectivity index (χ3n) is 3.06. The van der Waals surface area contributed by atoms with E-state index in [-0.39, 0.29) is 6.04 Å².